The Morgan fingerprint density at radius 1 is 1.32 bits per heavy atom. The maximum Gasteiger partial charge on any atom is 0.245 e. The summed E-state index contributed by atoms with van der Waals surface area (Å²) in [5, 5.41) is 3.37. The lowest BCUT2D eigenvalue weighted by molar-refractivity contribution is -0.158. The summed E-state index contributed by atoms with van der Waals surface area (Å²) in [6.07, 6.45) is 3.89. The largest absolute Gasteiger partial charge is 0.330 e. The number of carbonyl (C=O) groups is 2. The molecule has 1 N–H and O–H groups in total. The standard InChI is InChI=1S/C14H25N3O2/c1-3-11(15-4-2)9-16-10-13(18)17-8-6-5-7-12(17)14(16)19/h11-12,15H,3-10H2,1-2H3. The van der Waals surface area contributed by atoms with Crippen LogP contribution in [-0.2, 0) is 9.59 Å². The molecule has 5 heteroatoms. The van der Waals surface area contributed by atoms with Crippen molar-refractivity contribution in [1.29, 1.82) is 0 Å². The van der Waals surface area contributed by atoms with Gasteiger partial charge in [-0.15, -0.1) is 0 Å². The minimum atomic E-state index is -0.186. The van der Waals surface area contributed by atoms with Gasteiger partial charge in [-0.05, 0) is 32.2 Å². The predicted octanol–water partition coefficient (Wildman–Crippen LogP) is 0.598. The first-order valence-electron chi connectivity index (χ1n) is 7.49. The molecule has 0 aliphatic carbocycles. The van der Waals surface area contributed by atoms with Gasteiger partial charge in [-0.3, -0.25) is 9.59 Å². The lowest BCUT2D eigenvalue weighted by Crippen LogP contribution is -2.62. The average Bonchev–Trinajstić information content (AvgIpc) is 2.44. The van der Waals surface area contributed by atoms with Crippen LogP contribution in [-0.4, -0.2) is 59.9 Å². The second-order valence-corrected chi connectivity index (χ2v) is 5.48. The predicted molar refractivity (Wildman–Crippen MR) is 73.7 cm³/mol. The highest BCUT2D eigenvalue weighted by Crippen LogP contribution is 2.23. The summed E-state index contributed by atoms with van der Waals surface area (Å²) in [7, 11) is 0. The maximum absolute atomic E-state index is 12.5. The van der Waals surface area contributed by atoms with Crippen LogP contribution in [0.1, 0.15) is 39.5 Å². The van der Waals surface area contributed by atoms with E-state index in [4.69, 9.17) is 0 Å². The quantitative estimate of drug-likeness (QED) is 0.793. The smallest absolute Gasteiger partial charge is 0.245 e. The van der Waals surface area contributed by atoms with E-state index < -0.39 is 0 Å². The van der Waals surface area contributed by atoms with Crippen molar-refractivity contribution in [2.45, 2.75) is 51.6 Å². The van der Waals surface area contributed by atoms with Gasteiger partial charge in [0.2, 0.25) is 11.8 Å². The van der Waals surface area contributed by atoms with Crippen LogP contribution in [0.25, 0.3) is 0 Å². The van der Waals surface area contributed by atoms with Crippen molar-refractivity contribution < 1.29 is 9.59 Å². The number of nitrogens with one attached hydrogen (secondary N) is 1. The number of hydrogen-bond donors (Lipinski definition) is 1. The van der Waals surface area contributed by atoms with Gasteiger partial charge in [0.25, 0.3) is 0 Å². The molecule has 0 aromatic heterocycles. The van der Waals surface area contributed by atoms with E-state index in [0.29, 0.717) is 6.54 Å². The SMILES string of the molecule is CCNC(CC)CN1CC(=O)N2CCCCC2C1=O. The molecule has 2 atom stereocenters. The number of rotatable bonds is 5. The van der Waals surface area contributed by atoms with Gasteiger partial charge in [-0.1, -0.05) is 13.8 Å². The number of piperazine rings is 1. The molecule has 0 bridgehead atoms. The normalized spacial score (nSPS) is 25.5. The van der Waals surface area contributed by atoms with Crippen LogP contribution in [0.4, 0.5) is 0 Å². The summed E-state index contributed by atoms with van der Waals surface area (Å²) in [4.78, 5) is 28.1. The molecule has 19 heavy (non-hydrogen) atoms. The van der Waals surface area contributed by atoms with Gasteiger partial charge in [0.15, 0.2) is 0 Å². The molecule has 2 amide bonds. The Kier molecular flexibility index (Phi) is 4.80. The number of nitrogens with zero attached hydrogens (tertiary/aromatic N) is 2. The van der Waals surface area contributed by atoms with E-state index in [-0.39, 0.29) is 30.4 Å². The van der Waals surface area contributed by atoms with Crippen molar-refractivity contribution in [2.75, 3.05) is 26.2 Å². The van der Waals surface area contributed by atoms with E-state index in [9.17, 15) is 9.59 Å². The molecule has 0 radical (unpaired) electrons. The summed E-state index contributed by atoms with van der Waals surface area (Å²) < 4.78 is 0. The lowest BCUT2D eigenvalue weighted by Gasteiger charge is -2.43. The zero-order valence-electron chi connectivity index (χ0n) is 12.0. The first-order valence-corrected chi connectivity index (χ1v) is 7.49. The molecule has 2 fully saturated rings. The Hall–Kier alpha value is -1.10. The number of hydrogen-bond acceptors (Lipinski definition) is 3. The molecule has 5 nitrogen and oxygen atoms in total. The lowest BCUT2D eigenvalue weighted by atomic mass is 9.98. The molecule has 0 aromatic rings. The van der Waals surface area contributed by atoms with Crippen LogP contribution in [0.2, 0.25) is 0 Å². The summed E-state index contributed by atoms with van der Waals surface area (Å²) in [6, 6.07) is 0.103. The van der Waals surface area contributed by atoms with Gasteiger partial charge >= 0.3 is 0 Å². The fourth-order valence-corrected chi connectivity index (χ4v) is 3.08. The van der Waals surface area contributed by atoms with Gasteiger partial charge < -0.3 is 15.1 Å². The van der Waals surface area contributed by atoms with Crippen LogP contribution in [0.15, 0.2) is 0 Å². The zero-order valence-corrected chi connectivity index (χ0v) is 12.0. The highest BCUT2D eigenvalue weighted by molar-refractivity contribution is 5.95. The van der Waals surface area contributed by atoms with Crippen LogP contribution < -0.4 is 5.32 Å². The molecule has 2 saturated heterocycles. The Bertz CT molecular complexity index is 346. The third kappa shape index (κ3) is 3.08. The highest BCUT2D eigenvalue weighted by atomic mass is 16.2. The number of amides is 2. The van der Waals surface area contributed by atoms with Crippen molar-refractivity contribution >= 4 is 11.8 Å². The molecule has 0 spiro atoms. The second-order valence-electron chi connectivity index (χ2n) is 5.48. The Morgan fingerprint density at radius 2 is 2.11 bits per heavy atom. The fourth-order valence-electron chi connectivity index (χ4n) is 3.08. The molecular formula is C14H25N3O2. The van der Waals surface area contributed by atoms with Crippen LogP contribution >= 0.6 is 0 Å². The molecular weight excluding hydrogens is 242 g/mol. The highest BCUT2D eigenvalue weighted by Gasteiger charge is 2.40. The average molecular weight is 267 g/mol. The van der Waals surface area contributed by atoms with E-state index in [0.717, 1.165) is 38.8 Å². The summed E-state index contributed by atoms with van der Waals surface area (Å²) in [6.45, 7) is 6.74. The molecule has 2 rings (SSSR count). The van der Waals surface area contributed by atoms with Crippen molar-refractivity contribution in [3.63, 3.8) is 0 Å². The van der Waals surface area contributed by atoms with Crippen LogP contribution in [0.3, 0.4) is 0 Å². The first-order chi connectivity index (χ1) is 9.17. The van der Waals surface area contributed by atoms with Crippen LogP contribution in [0.5, 0.6) is 0 Å². The van der Waals surface area contributed by atoms with E-state index in [1.54, 1.807) is 9.80 Å². The Balaban J connectivity index is 2.01. The first kappa shape index (κ1) is 14.3. The number of likely N-dealkylation sites (N-methyl/N-ethyl adjacent to an activating group) is 1. The minimum absolute atomic E-state index is 0.121. The van der Waals surface area contributed by atoms with Crippen molar-refractivity contribution in [3.05, 3.63) is 0 Å². The molecule has 0 saturated carbocycles. The summed E-state index contributed by atoms with van der Waals surface area (Å²) in [5.41, 5.74) is 0. The van der Waals surface area contributed by atoms with Gasteiger partial charge in [-0.25, -0.2) is 0 Å². The van der Waals surface area contributed by atoms with Gasteiger partial charge in [-0.2, -0.15) is 0 Å². The fraction of sp³-hybridized carbons (Fsp3) is 0.857. The number of fused-ring (bicyclic) bond motifs is 1. The minimum Gasteiger partial charge on any atom is -0.330 e. The topological polar surface area (TPSA) is 52.7 Å². The molecule has 2 unspecified atom stereocenters. The van der Waals surface area contributed by atoms with Crippen molar-refractivity contribution in [3.8, 4) is 0 Å². The van der Waals surface area contributed by atoms with Gasteiger partial charge in [0.1, 0.15) is 6.04 Å². The van der Waals surface area contributed by atoms with Crippen molar-refractivity contribution in [1.82, 2.24) is 15.1 Å². The van der Waals surface area contributed by atoms with E-state index >= 15 is 0 Å². The number of piperidine rings is 1. The van der Waals surface area contributed by atoms with Gasteiger partial charge in [0.05, 0.1) is 6.54 Å². The van der Waals surface area contributed by atoms with Gasteiger partial charge in [0, 0.05) is 19.1 Å². The summed E-state index contributed by atoms with van der Waals surface area (Å²) in [5.74, 6) is 0.270. The molecule has 2 heterocycles. The zero-order chi connectivity index (χ0) is 13.8. The summed E-state index contributed by atoms with van der Waals surface area (Å²) >= 11 is 0. The second kappa shape index (κ2) is 6.37. The Morgan fingerprint density at radius 3 is 2.79 bits per heavy atom. The monoisotopic (exact) mass is 267 g/mol. The van der Waals surface area contributed by atoms with E-state index in [1.165, 1.54) is 0 Å². The molecule has 108 valence electrons. The van der Waals surface area contributed by atoms with E-state index in [1.807, 2.05) is 0 Å². The van der Waals surface area contributed by atoms with E-state index in [2.05, 4.69) is 19.2 Å². The maximum atomic E-state index is 12.5. The Labute approximate surface area is 115 Å². The number of carbonyl (C=O) groups excluding carboxylic acids is 2. The third-order valence-corrected chi connectivity index (χ3v) is 4.17. The van der Waals surface area contributed by atoms with Crippen molar-refractivity contribution in [2.24, 2.45) is 0 Å². The molecule has 2 aliphatic heterocycles. The molecule has 2 aliphatic rings. The van der Waals surface area contributed by atoms with Crippen LogP contribution in [0, 0.1) is 0 Å². The molecule has 0 aromatic carbocycles. The third-order valence-electron chi connectivity index (χ3n) is 4.17.